The minimum atomic E-state index is -1.47. The molecule has 1 aromatic rings. The molecule has 0 radical (unpaired) electrons. The van der Waals surface area contributed by atoms with Crippen LogP contribution in [0.2, 0.25) is 0 Å². The average Bonchev–Trinajstić information content (AvgIpc) is 2.37. The maximum atomic E-state index is 11.1. The Kier molecular flexibility index (Phi) is 5.02. The van der Waals surface area contributed by atoms with Crippen molar-refractivity contribution in [2.24, 2.45) is 0 Å². The van der Waals surface area contributed by atoms with Gasteiger partial charge in [0.05, 0.1) is 25.2 Å². The highest BCUT2D eigenvalue weighted by Crippen LogP contribution is 2.26. The molecule has 0 saturated carbocycles. The highest BCUT2D eigenvalue weighted by molar-refractivity contribution is 5.90. The van der Waals surface area contributed by atoms with Crippen LogP contribution in [-0.4, -0.2) is 40.5 Å². The molecule has 0 fully saturated rings. The second-order valence-electron chi connectivity index (χ2n) is 4.13. The zero-order chi connectivity index (χ0) is 14.6. The van der Waals surface area contributed by atoms with Gasteiger partial charge >= 0.3 is 11.9 Å². The summed E-state index contributed by atoms with van der Waals surface area (Å²) in [6.45, 7) is 1.62. The van der Waals surface area contributed by atoms with E-state index in [0.717, 1.165) is 7.11 Å². The van der Waals surface area contributed by atoms with E-state index in [1.807, 2.05) is 0 Å². The lowest BCUT2D eigenvalue weighted by Gasteiger charge is -2.20. The fourth-order valence-corrected chi connectivity index (χ4v) is 1.82. The predicted octanol–water partition coefficient (Wildman–Crippen LogP) is 0.651. The van der Waals surface area contributed by atoms with Crippen molar-refractivity contribution in [1.82, 2.24) is 0 Å². The lowest BCUT2D eigenvalue weighted by atomic mass is 9.93. The van der Waals surface area contributed by atoms with Crippen LogP contribution in [0.3, 0.4) is 0 Å². The van der Waals surface area contributed by atoms with Crippen molar-refractivity contribution in [2.75, 3.05) is 7.11 Å². The van der Waals surface area contributed by atoms with E-state index in [1.165, 1.54) is 6.07 Å². The number of esters is 1. The second-order valence-corrected chi connectivity index (χ2v) is 4.13. The van der Waals surface area contributed by atoms with Crippen LogP contribution in [0.5, 0.6) is 0 Å². The average molecular weight is 268 g/mol. The zero-order valence-electron chi connectivity index (χ0n) is 10.7. The quantitative estimate of drug-likeness (QED) is 0.677. The molecule has 6 nitrogen and oxygen atoms in total. The van der Waals surface area contributed by atoms with E-state index in [2.05, 4.69) is 4.74 Å². The number of carbonyl (C=O) groups excluding carboxylic acids is 1. The summed E-state index contributed by atoms with van der Waals surface area (Å²) >= 11 is 0. The van der Waals surface area contributed by atoms with Gasteiger partial charge in [-0.05, 0) is 18.6 Å². The van der Waals surface area contributed by atoms with Crippen molar-refractivity contribution in [2.45, 2.75) is 25.6 Å². The molecular formula is C13H16O6. The van der Waals surface area contributed by atoms with Gasteiger partial charge in [0, 0.05) is 5.56 Å². The largest absolute Gasteiger partial charge is 0.478 e. The maximum Gasteiger partial charge on any atom is 0.336 e. The summed E-state index contributed by atoms with van der Waals surface area (Å²) in [6.07, 6.45) is -3.30. The fraction of sp³-hybridized carbons (Fsp3) is 0.385. The summed E-state index contributed by atoms with van der Waals surface area (Å²) in [5.41, 5.74) is 0.527. The SMILES string of the molecule is COC(=O)CC(O)C(O)c1c(C)cccc1C(=O)O. The molecule has 0 aliphatic carbocycles. The molecule has 0 aliphatic heterocycles. The van der Waals surface area contributed by atoms with Crippen LogP contribution in [0.4, 0.5) is 0 Å². The van der Waals surface area contributed by atoms with Crippen LogP contribution in [0.15, 0.2) is 18.2 Å². The lowest BCUT2D eigenvalue weighted by Crippen LogP contribution is -2.25. The third kappa shape index (κ3) is 3.52. The Bertz CT molecular complexity index is 482. The number of hydrogen-bond donors (Lipinski definition) is 3. The third-order valence-corrected chi connectivity index (χ3v) is 2.82. The first-order valence-electron chi connectivity index (χ1n) is 5.64. The number of benzene rings is 1. The third-order valence-electron chi connectivity index (χ3n) is 2.82. The number of carbonyl (C=O) groups is 2. The Hall–Kier alpha value is -1.92. The van der Waals surface area contributed by atoms with Crippen molar-refractivity contribution >= 4 is 11.9 Å². The van der Waals surface area contributed by atoms with E-state index >= 15 is 0 Å². The molecule has 0 heterocycles. The van der Waals surface area contributed by atoms with Crippen molar-refractivity contribution in [3.63, 3.8) is 0 Å². The van der Waals surface area contributed by atoms with Gasteiger partial charge < -0.3 is 20.1 Å². The van der Waals surface area contributed by atoms with E-state index < -0.39 is 30.6 Å². The monoisotopic (exact) mass is 268 g/mol. The molecule has 1 aromatic carbocycles. The van der Waals surface area contributed by atoms with Crippen LogP contribution in [-0.2, 0) is 9.53 Å². The van der Waals surface area contributed by atoms with Gasteiger partial charge in [-0.15, -0.1) is 0 Å². The number of aromatic carboxylic acids is 1. The summed E-state index contributed by atoms with van der Waals surface area (Å²) in [4.78, 5) is 22.1. The normalized spacial score (nSPS) is 13.7. The smallest absolute Gasteiger partial charge is 0.336 e. The fourth-order valence-electron chi connectivity index (χ4n) is 1.82. The van der Waals surface area contributed by atoms with E-state index in [0.29, 0.717) is 5.56 Å². The number of aliphatic hydroxyl groups excluding tert-OH is 2. The molecule has 0 aliphatic rings. The molecule has 0 saturated heterocycles. The zero-order valence-corrected chi connectivity index (χ0v) is 10.7. The highest BCUT2D eigenvalue weighted by atomic mass is 16.5. The van der Waals surface area contributed by atoms with Gasteiger partial charge in [0.2, 0.25) is 0 Å². The molecular weight excluding hydrogens is 252 g/mol. The van der Waals surface area contributed by atoms with E-state index in [4.69, 9.17) is 5.11 Å². The van der Waals surface area contributed by atoms with Crippen LogP contribution < -0.4 is 0 Å². The minimum Gasteiger partial charge on any atom is -0.478 e. The number of ether oxygens (including phenoxy) is 1. The Morgan fingerprint density at radius 3 is 2.47 bits per heavy atom. The van der Waals surface area contributed by atoms with Crippen LogP contribution in [0.1, 0.15) is 34.0 Å². The van der Waals surface area contributed by atoms with E-state index in [9.17, 15) is 19.8 Å². The first kappa shape index (κ1) is 15.1. The van der Waals surface area contributed by atoms with E-state index in [-0.39, 0.29) is 11.1 Å². The molecule has 104 valence electrons. The first-order chi connectivity index (χ1) is 8.88. The molecule has 0 aromatic heterocycles. The number of hydrogen-bond acceptors (Lipinski definition) is 5. The van der Waals surface area contributed by atoms with Crippen LogP contribution >= 0.6 is 0 Å². The second kappa shape index (κ2) is 6.31. The Morgan fingerprint density at radius 2 is 1.95 bits per heavy atom. The Morgan fingerprint density at radius 1 is 1.32 bits per heavy atom. The van der Waals surface area contributed by atoms with Gasteiger partial charge in [-0.3, -0.25) is 4.79 Å². The van der Waals surface area contributed by atoms with Crippen LogP contribution in [0, 0.1) is 6.92 Å². The molecule has 0 spiro atoms. The van der Waals surface area contributed by atoms with Crippen LogP contribution in [0.25, 0.3) is 0 Å². The van der Waals surface area contributed by atoms with Gasteiger partial charge in [-0.1, -0.05) is 12.1 Å². The minimum absolute atomic E-state index is 0.101. The van der Waals surface area contributed by atoms with Gasteiger partial charge in [0.1, 0.15) is 6.10 Å². The molecule has 1 rings (SSSR count). The Balaban J connectivity index is 3.08. The van der Waals surface area contributed by atoms with E-state index in [1.54, 1.807) is 19.1 Å². The topological polar surface area (TPSA) is 104 Å². The molecule has 0 amide bonds. The summed E-state index contributed by atoms with van der Waals surface area (Å²) in [5, 5.41) is 28.8. The predicted molar refractivity (Wildman–Crippen MR) is 65.7 cm³/mol. The standard InChI is InChI=1S/C13H16O6/c1-7-4-3-5-8(13(17)18)11(7)12(16)9(14)6-10(15)19-2/h3-5,9,12,14,16H,6H2,1-2H3,(H,17,18). The van der Waals surface area contributed by atoms with Crippen molar-refractivity contribution in [1.29, 1.82) is 0 Å². The van der Waals surface area contributed by atoms with Gasteiger partial charge in [0.25, 0.3) is 0 Å². The summed E-state index contributed by atoms with van der Waals surface area (Å²) in [7, 11) is 1.16. The Labute approximate surface area is 110 Å². The van der Waals surface area contributed by atoms with Crippen molar-refractivity contribution in [3.8, 4) is 0 Å². The number of methoxy groups -OCH3 is 1. The number of aliphatic hydroxyl groups is 2. The molecule has 19 heavy (non-hydrogen) atoms. The maximum absolute atomic E-state index is 11.1. The molecule has 2 unspecified atom stereocenters. The first-order valence-corrected chi connectivity index (χ1v) is 5.64. The molecule has 3 N–H and O–H groups in total. The summed E-state index contributed by atoms with van der Waals surface area (Å²) < 4.78 is 4.39. The summed E-state index contributed by atoms with van der Waals surface area (Å²) in [6, 6.07) is 4.50. The molecule has 6 heteroatoms. The number of carboxylic acid groups (broad SMARTS) is 1. The van der Waals surface area contributed by atoms with Gasteiger partial charge in [-0.2, -0.15) is 0 Å². The molecule has 2 atom stereocenters. The van der Waals surface area contributed by atoms with Gasteiger partial charge in [-0.25, -0.2) is 4.79 Å². The lowest BCUT2D eigenvalue weighted by molar-refractivity contribution is -0.144. The highest BCUT2D eigenvalue weighted by Gasteiger charge is 2.27. The number of aryl methyl sites for hydroxylation is 1. The van der Waals surface area contributed by atoms with Crippen molar-refractivity contribution < 1.29 is 29.6 Å². The van der Waals surface area contributed by atoms with Gasteiger partial charge in [0.15, 0.2) is 0 Å². The number of carboxylic acids is 1. The molecule has 0 bridgehead atoms. The number of rotatable bonds is 5. The summed E-state index contributed by atoms with van der Waals surface area (Å²) in [5.74, 6) is -1.89. The van der Waals surface area contributed by atoms with Crippen molar-refractivity contribution in [3.05, 3.63) is 34.9 Å².